The van der Waals surface area contributed by atoms with E-state index in [0.717, 1.165) is 32.2 Å². The van der Waals surface area contributed by atoms with Gasteiger partial charge in [0, 0.05) is 24.7 Å². The summed E-state index contributed by atoms with van der Waals surface area (Å²) in [5.41, 5.74) is 9.89. The second kappa shape index (κ2) is 4.83. The number of hydrogen-bond acceptors (Lipinski definition) is 2. The minimum atomic E-state index is 0.277. The lowest BCUT2D eigenvalue weighted by Crippen LogP contribution is -2.11. The van der Waals surface area contributed by atoms with E-state index >= 15 is 0 Å². The fourth-order valence-electron chi connectivity index (χ4n) is 2.31. The van der Waals surface area contributed by atoms with Crippen molar-refractivity contribution in [2.75, 3.05) is 0 Å². The van der Waals surface area contributed by atoms with E-state index in [1.165, 1.54) is 17.0 Å². The van der Waals surface area contributed by atoms with Gasteiger partial charge in [0.1, 0.15) is 0 Å². The van der Waals surface area contributed by atoms with E-state index in [4.69, 9.17) is 5.73 Å². The van der Waals surface area contributed by atoms with Gasteiger partial charge in [-0.05, 0) is 32.3 Å². The Kier molecular flexibility index (Phi) is 3.44. The van der Waals surface area contributed by atoms with E-state index in [2.05, 4.69) is 35.8 Å². The van der Waals surface area contributed by atoms with E-state index in [9.17, 15) is 0 Å². The summed E-state index contributed by atoms with van der Waals surface area (Å²) in [5, 5.41) is 4.57. The summed E-state index contributed by atoms with van der Waals surface area (Å²) in [6.45, 7) is 5.25. The zero-order chi connectivity index (χ0) is 11.5. The van der Waals surface area contributed by atoms with E-state index in [1.807, 2.05) is 0 Å². The molecule has 88 valence electrons. The fourth-order valence-corrected chi connectivity index (χ4v) is 2.31. The SMILES string of the molecule is CCc1cc(CC2=CC(N)CC2)n(CC)n1. The number of hydrogen-bond donors (Lipinski definition) is 1. The molecule has 0 amide bonds. The van der Waals surface area contributed by atoms with Gasteiger partial charge < -0.3 is 5.73 Å². The molecule has 0 spiro atoms. The first-order chi connectivity index (χ1) is 7.72. The number of aryl methyl sites for hydroxylation is 2. The summed E-state index contributed by atoms with van der Waals surface area (Å²) in [5.74, 6) is 0. The number of nitrogens with zero attached hydrogens (tertiary/aromatic N) is 2. The van der Waals surface area contributed by atoms with Crippen LogP contribution in [-0.2, 0) is 19.4 Å². The summed E-state index contributed by atoms with van der Waals surface area (Å²) < 4.78 is 2.11. The Morgan fingerprint density at radius 1 is 1.50 bits per heavy atom. The molecule has 2 N–H and O–H groups in total. The second-order valence-electron chi connectivity index (χ2n) is 4.50. The second-order valence-corrected chi connectivity index (χ2v) is 4.50. The first-order valence-corrected chi connectivity index (χ1v) is 6.23. The summed E-state index contributed by atoms with van der Waals surface area (Å²) in [6.07, 6.45) is 6.51. The maximum absolute atomic E-state index is 5.88. The van der Waals surface area contributed by atoms with Gasteiger partial charge in [0.2, 0.25) is 0 Å². The highest BCUT2D eigenvalue weighted by Gasteiger charge is 2.14. The largest absolute Gasteiger partial charge is 0.324 e. The van der Waals surface area contributed by atoms with Crippen LogP contribution in [0.4, 0.5) is 0 Å². The molecule has 0 saturated carbocycles. The third-order valence-electron chi connectivity index (χ3n) is 3.23. The molecule has 16 heavy (non-hydrogen) atoms. The van der Waals surface area contributed by atoms with Crippen molar-refractivity contribution in [2.24, 2.45) is 5.73 Å². The van der Waals surface area contributed by atoms with Gasteiger partial charge in [-0.2, -0.15) is 5.10 Å². The first kappa shape index (κ1) is 11.4. The third-order valence-corrected chi connectivity index (χ3v) is 3.23. The first-order valence-electron chi connectivity index (χ1n) is 6.23. The Balaban J connectivity index is 2.14. The molecule has 1 aromatic rings. The van der Waals surface area contributed by atoms with Gasteiger partial charge in [-0.1, -0.05) is 18.6 Å². The van der Waals surface area contributed by atoms with E-state index in [0.29, 0.717) is 0 Å². The van der Waals surface area contributed by atoms with Crippen LogP contribution in [0.2, 0.25) is 0 Å². The smallest absolute Gasteiger partial charge is 0.0624 e. The number of nitrogens with two attached hydrogens (primary N) is 1. The van der Waals surface area contributed by atoms with Crippen LogP contribution >= 0.6 is 0 Å². The van der Waals surface area contributed by atoms with Crippen LogP contribution in [0, 0.1) is 0 Å². The highest BCUT2D eigenvalue weighted by atomic mass is 15.3. The van der Waals surface area contributed by atoms with Crippen LogP contribution < -0.4 is 5.73 Å². The van der Waals surface area contributed by atoms with Crippen LogP contribution in [0.25, 0.3) is 0 Å². The number of rotatable bonds is 4. The van der Waals surface area contributed by atoms with Crippen molar-refractivity contribution in [2.45, 2.75) is 52.1 Å². The van der Waals surface area contributed by atoms with Gasteiger partial charge in [-0.3, -0.25) is 4.68 Å². The molecule has 1 atom stereocenters. The molecule has 0 fully saturated rings. The van der Waals surface area contributed by atoms with Crippen molar-refractivity contribution in [1.82, 2.24) is 9.78 Å². The lowest BCUT2D eigenvalue weighted by Gasteiger charge is -2.04. The molecule has 1 heterocycles. The van der Waals surface area contributed by atoms with Crippen LogP contribution in [0.5, 0.6) is 0 Å². The van der Waals surface area contributed by atoms with Crippen molar-refractivity contribution in [3.8, 4) is 0 Å². The number of aromatic nitrogens is 2. The molecule has 1 unspecified atom stereocenters. The highest BCUT2D eigenvalue weighted by molar-refractivity contribution is 5.22. The van der Waals surface area contributed by atoms with Gasteiger partial charge in [0.05, 0.1) is 5.69 Å². The maximum atomic E-state index is 5.88. The maximum Gasteiger partial charge on any atom is 0.0624 e. The third kappa shape index (κ3) is 2.35. The van der Waals surface area contributed by atoms with Crippen molar-refractivity contribution in [1.29, 1.82) is 0 Å². The standard InChI is InChI=1S/C13H21N3/c1-3-12-9-13(16(4-2)15-12)8-10-5-6-11(14)7-10/h7,9,11H,3-6,8,14H2,1-2H3. The lowest BCUT2D eigenvalue weighted by atomic mass is 10.1. The molecule has 0 aliphatic heterocycles. The minimum absolute atomic E-state index is 0.277. The molecule has 2 rings (SSSR count). The average Bonchev–Trinajstić information content (AvgIpc) is 2.85. The number of allylic oxidation sites excluding steroid dienone is 1. The minimum Gasteiger partial charge on any atom is -0.324 e. The van der Waals surface area contributed by atoms with Crippen molar-refractivity contribution in [3.05, 3.63) is 29.1 Å². The van der Waals surface area contributed by atoms with Crippen molar-refractivity contribution in [3.63, 3.8) is 0 Å². The van der Waals surface area contributed by atoms with E-state index in [-0.39, 0.29) is 6.04 Å². The molecule has 3 nitrogen and oxygen atoms in total. The predicted molar refractivity (Wildman–Crippen MR) is 66.3 cm³/mol. The van der Waals surface area contributed by atoms with Crippen LogP contribution in [0.1, 0.15) is 38.1 Å². The molecule has 0 saturated heterocycles. The monoisotopic (exact) mass is 219 g/mol. The van der Waals surface area contributed by atoms with Gasteiger partial charge in [0.15, 0.2) is 0 Å². The molecule has 1 aliphatic rings. The molecule has 3 heteroatoms. The Morgan fingerprint density at radius 3 is 2.88 bits per heavy atom. The Bertz CT molecular complexity index is 390. The highest BCUT2D eigenvalue weighted by Crippen LogP contribution is 2.21. The summed E-state index contributed by atoms with van der Waals surface area (Å²) in [4.78, 5) is 0. The van der Waals surface area contributed by atoms with Gasteiger partial charge in [0.25, 0.3) is 0 Å². The quantitative estimate of drug-likeness (QED) is 0.788. The molecule has 0 bridgehead atoms. The zero-order valence-corrected chi connectivity index (χ0v) is 10.2. The lowest BCUT2D eigenvalue weighted by molar-refractivity contribution is 0.618. The van der Waals surface area contributed by atoms with Crippen molar-refractivity contribution >= 4 is 0 Å². The molecular weight excluding hydrogens is 198 g/mol. The molecule has 0 aromatic carbocycles. The van der Waals surface area contributed by atoms with E-state index in [1.54, 1.807) is 0 Å². The van der Waals surface area contributed by atoms with E-state index < -0.39 is 0 Å². The van der Waals surface area contributed by atoms with Gasteiger partial charge in [-0.15, -0.1) is 0 Å². The molecule has 1 aliphatic carbocycles. The van der Waals surface area contributed by atoms with Crippen molar-refractivity contribution < 1.29 is 0 Å². The van der Waals surface area contributed by atoms with Gasteiger partial charge >= 0.3 is 0 Å². The summed E-state index contributed by atoms with van der Waals surface area (Å²) in [7, 11) is 0. The average molecular weight is 219 g/mol. The summed E-state index contributed by atoms with van der Waals surface area (Å²) in [6, 6.07) is 2.51. The molecule has 0 radical (unpaired) electrons. The zero-order valence-electron chi connectivity index (χ0n) is 10.2. The summed E-state index contributed by atoms with van der Waals surface area (Å²) >= 11 is 0. The Labute approximate surface area is 97.3 Å². The molecule has 1 aromatic heterocycles. The van der Waals surface area contributed by atoms with Crippen LogP contribution in [0.15, 0.2) is 17.7 Å². The Morgan fingerprint density at radius 2 is 2.31 bits per heavy atom. The topological polar surface area (TPSA) is 43.8 Å². The predicted octanol–water partition coefficient (Wildman–Crippen LogP) is 2.06. The van der Waals surface area contributed by atoms with Crippen LogP contribution in [-0.4, -0.2) is 15.8 Å². The fraction of sp³-hybridized carbons (Fsp3) is 0.615. The Hall–Kier alpha value is -1.09. The molecular formula is C13H21N3. The van der Waals surface area contributed by atoms with Crippen LogP contribution in [0.3, 0.4) is 0 Å². The normalized spacial score (nSPS) is 20.2. The van der Waals surface area contributed by atoms with Gasteiger partial charge in [-0.25, -0.2) is 0 Å².